The van der Waals surface area contributed by atoms with Crippen molar-refractivity contribution in [2.75, 3.05) is 12.9 Å². The lowest BCUT2D eigenvalue weighted by Crippen LogP contribution is -2.33. The number of aliphatic imine (C=N–C) groups is 1. The first-order valence-electron chi connectivity index (χ1n) is 5.90. The average molecular weight is 256 g/mol. The summed E-state index contributed by atoms with van der Waals surface area (Å²) in [6, 6.07) is -0.0669. The number of ether oxygens (including phenoxy) is 1. The summed E-state index contributed by atoms with van der Waals surface area (Å²) in [6.45, 7) is 6.21. The normalized spacial score (nSPS) is 19.8. The maximum Gasteiger partial charge on any atom is 0.337 e. The van der Waals surface area contributed by atoms with E-state index < -0.39 is 0 Å². The highest BCUT2D eigenvalue weighted by molar-refractivity contribution is 8.13. The van der Waals surface area contributed by atoms with Crippen LogP contribution < -0.4 is 5.32 Å². The second-order valence-corrected chi connectivity index (χ2v) is 4.62. The third-order valence-electron chi connectivity index (χ3n) is 2.56. The summed E-state index contributed by atoms with van der Waals surface area (Å²) >= 11 is 1.56. The minimum Gasteiger partial charge on any atom is -0.463 e. The fourth-order valence-electron chi connectivity index (χ4n) is 1.80. The van der Waals surface area contributed by atoms with Crippen molar-refractivity contribution in [2.45, 2.75) is 39.7 Å². The second-order valence-electron chi connectivity index (χ2n) is 3.83. The Labute approximate surface area is 107 Å². The number of hydrogen-bond acceptors (Lipinski definition) is 5. The molecule has 0 unspecified atom stereocenters. The van der Waals surface area contributed by atoms with Gasteiger partial charge in [-0.3, -0.25) is 4.99 Å². The van der Waals surface area contributed by atoms with Crippen molar-refractivity contribution in [3.05, 3.63) is 11.3 Å². The zero-order valence-electron chi connectivity index (χ0n) is 10.9. The van der Waals surface area contributed by atoms with Gasteiger partial charge in [-0.1, -0.05) is 25.1 Å². The molecule has 17 heavy (non-hydrogen) atoms. The fraction of sp³-hybridized carbons (Fsp3) is 0.667. The molecule has 0 radical (unpaired) electrons. The number of rotatable bonds is 4. The first-order chi connectivity index (χ1) is 8.13. The van der Waals surface area contributed by atoms with Gasteiger partial charge in [-0.2, -0.15) is 0 Å². The third-order valence-corrected chi connectivity index (χ3v) is 3.15. The highest BCUT2D eigenvalue weighted by Crippen LogP contribution is 2.23. The van der Waals surface area contributed by atoms with Gasteiger partial charge in [-0.25, -0.2) is 4.79 Å². The molecule has 0 aromatic carbocycles. The third kappa shape index (κ3) is 3.49. The largest absolute Gasteiger partial charge is 0.463 e. The van der Waals surface area contributed by atoms with E-state index in [1.54, 1.807) is 11.8 Å². The zero-order valence-corrected chi connectivity index (χ0v) is 11.7. The summed E-state index contributed by atoms with van der Waals surface area (Å²) in [5.74, 6) is -0.250. The molecule has 1 aliphatic heterocycles. The Kier molecular flexibility index (Phi) is 5.55. The molecule has 0 aromatic rings. The predicted octanol–water partition coefficient (Wildman–Crippen LogP) is 2.31. The molecule has 0 aromatic heterocycles. The molecule has 1 aliphatic rings. The van der Waals surface area contributed by atoms with Gasteiger partial charge in [0.1, 0.15) is 0 Å². The standard InChI is InChI=1S/C12H20N2O2S/c1-5-7-9-10(11(15)16-6-2)8(3)13-12(14-9)17-4/h9H,5-7H2,1-4H3,(H,13,14)/t9-/m0/s1. The Morgan fingerprint density at radius 1 is 1.53 bits per heavy atom. The first kappa shape index (κ1) is 14.1. The van der Waals surface area contributed by atoms with Gasteiger partial charge in [0.15, 0.2) is 5.17 Å². The lowest BCUT2D eigenvalue weighted by Gasteiger charge is -2.24. The second kappa shape index (κ2) is 6.69. The van der Waals surface area contributed by atoms with Gasteiger partial charge < -0.3 is 10.1 Å². The van der Waals surface area contributed by atoms with E-state index in [-0.39, 0.29) is 12.0 Å². The molecule has 1 atom stereocenters. The number of carbonyl (C=O) groups excluding carboxylic acids is 1. The Hall–Kier alpha value is -0.970. The summed E-state index contributed by atoms with van der Waals surface area (Å²) in [5, 5.41) is 4.00. The van der Waals surface area contributed by atoms with Gasteiger partial charge >= 0.3 is 5.97 Å². The van der Waals surface area contributed by atoms with Gasteiger partial charge in [0.25, 0.3) is 0 Å². The van der Waals surface area contributed by atoms with Crippen molar-refractivity contribution < 1.29 is 9.53 Å². The molecule has 0 bridgehead atoms. The summed E-state index contributed by atoms with van der Waals surface area (Å²) in [4.78, 5) is 16.4. The number of nitrogens with zero attached hydrogens (tertiary/aromatic N) is 1. The molecule has 5 heteroatoms. The van der Waals surface area contributed by atoms with Crippen LogP contribution in [-0.2, 0) is 9.53 Å². The smallest absolute Gasteiger partial charge is 0.337 e. The van der Waals surface area contributed by atoms with Crippen LogP contribution in [0, 0.1) is 0 Å². The fourth-order valence-corrected chi connectivity index (χ4v) is 2.29. The van der Waals surface area contributed by atoms with Crippen molar-refractivity contribution in [1.82, 2.24) is 5.32 Å². The number of nitrogens with one attached hydrogen (secondary N) is 1. The van der Waals surface area contributed by atoms with Crippen molar-refractivity contribution in [2.24, 2.45) is 4.99 Å². The number of hydrogen-bond donors (Lipinski definition) is 1. The van der Waals surface area contributed by atoms with E-state index in [1.165, 1.54) is 0 Å². The molecule has 0 saturated carbocycles. The summed E-state index contributed by atoms with van der Waals surface area (Å²) < 4.78 is 5.08. The van der Waals surface area contributed by atoms with Crippen LogP contribution in [0.3, 0.4) is 0 Å². The monoisotopic (exact) mass is 256 g/mol. The van der Waals surface area contributed by atoms with Crippen LogP contribution in [0.1, 0.15) is 33.6 Å². The Morgan fingerprint density at radius 3 is 2.76 bits per heavy atom. The summed E-state index contributed by atoms with van der Waals surface area (Å²) in [7, 11) is 0. The van der Waals surface area contributed by atoms with Crippen molar-refractivity contribution in [3.8, 4) is 0 Å². The minimum absolute atomic E-state index is 0.0669. The SMILES string of the molecule is CCC[C@@H]1N=C(SC)NC(C)=C1C(=O)OCC. The topological polar surface area (TPSA) is 50.7 Å². The minimum atomic E-state index is -0.250. The zero-order chi connectivity index (χ0) is 12.8. The number of esters is 1. The van der Waals surface area contributed by atoms with E-state index in [0.717, 1.165) is 23.7 Å². The number of allylic oxidation sites excluding steroid dienone is 1. The van der Waals surface area contributed by atoms with Gasteiger partial charge in [0, 0.05) is 5.70 Å². The van der Waals surface area contributed by atoms with E-state index in [1.807, 2.05) is 20.1 Å². The van der Waals surface area contributed by atoms with Gasteiger partial charge in [0.05, 0.1) is 18.2 Å². The van der Waals surface area contributed by atoms with Crippen LogP contribution in [0.5, 0.6) is 0 Å². The summed E-state index contributed by atoms with van der Waals surface area (Å²) in [6.07, 6.45) is 3.83. The number of thioether (sulfide) groups is 1. The number of carbonyl (C=O) groups is 1. The van der Waals surface area contributed by atoms with Gasteiger partial charge in [-0.05, 0) is 26.5 Å². The molecule has 1 N–H and O–H groups in total. The Balaban J connectivity index is 2.94. The molecule has 96 valence electrons. The van der Waals surface area contributed by atoms with Crippen molar-refractivity contribution in [1.29, 1.82) is 0 Å². The molecule has 1 heterocycles. The predicted molar refractivity (Wildman–Crippen MR) is 72.1 cm³/mol. The molecule has 4 nitrogen and oxygen atoms in total. The maximum atomic E-state index is 11.9. The molecule has 1 rings (SSSR count). The van der Waals surface area contributed by atoms with Crippen LogP contribution in [0.4, 0.5) is 0 Å². The summed E-state index contributed by atoms with van der Waals surface area (Å²) in [5.41, 5.74) is 1.53. The lowest BCUT2D eigenvalue weighted by atomic mass is 10.0. The van der Waals surface area contributed by atoms with E-state index in [9.17, 15) is 4.79 Å². The molecule has 0 saturated heterocycles. The Morgan fingerprint density at radius 2 is 2.24 bits per heavy atom. The van der Waals surface area contributed by atoms with Crippen LogP contribution in [0.25, 0.3) is 0 Å². The van der Waals surface area contributed by atoms with Crippen LogP contribution >= 0.6 is 11.8 Å². The van der Waals surface area contributed by atoms with Crippen molar-refractivity contribution >= 4 is 22.9 Å². The molecule has 0 amide bonds. The quantitative estimate of drug-likeness (QED) is 0.784. The number of amidine groups is 1. The van der Waals surface area contributed by atoms with Crippen LogP contribution in [-0.4, -0.2) is 30.0 Å². The molecular formula is C12H20N2O2S. The Bertz CT molecular complexity index is 350. The average Bonchev–Trinajstić information content (AvgIpc) is 2.29. The molecule has 0 fully saturated rings. The van der Waals surface area contributed by atoms with Crippen molar-refractivity contribution in [3.63, 3.8) is 0 Å². The highest BCUT2D eigenvalue weighted by atomic mass is 32.2. The van der Waals surface area contributed by atoms with E-state index in [0.29, 0.717) is 12.2 Å². The van der Waals surface area contributed by atoms with E-state index in [2.05, 4.69) is 17.2 Å². The van der Waals surface area contributed by atoms with Crippen LogP contribution in [0.15, 0.2) is 16.3 Å². The lowest BCUT2D eigenvalue weighted by molar-refractivity contribution is -0.138. The van der Waals surface area contributed by atoms with Crippen LogP contribution in [0.2, 0.25) is 0 Å². The maximum absolute atomic E-state index is 11.9. The van der Waals surface area contributed by atoms with Gasteiger partial charge in [-0.15, -0.1) is 0 Å². The highest BCUT2D eigenvalue weighted by Gasteiger charge is 2.27. The molecule has 0 aliphatic carbocycles. The first-order valence-corrected chi connectivity index (χ1v) is 7.13. The van der Waals surface area contributed by atoms with E-state index in [4.69, 9.17) is 4.74 Å². The molecular weight excluding hydrogens is 236 g/mol. The van der Waals surface area contributed by atoms with E-state index >= 15 is 0 Å². The molecule has 0 spiro atoms. The van der Waals surface area contributed by atoms with Gasteiger partial charge in [0.2, 0.25) is 0 Å².